The van der Waals surface area contributed by atoms with E-state index in [0.717, 1.165) is 5.56 Å². The molecular formula is C20H30N2O6. The van der Waals surface area contributed by atoms with Gasteiger partial charge in [-0.15, -0.1) is 10.1 Å². The number of Topliss-reactive ketones (excluding diaryl/α,β-unsaturated/α-hetero) is 1. The first-order valence-corrected chi connectivity index (χ1v) is 9.51. The van der Waals surface area contributed by atoms with Gasteiger partial charge in [0.15, 0.2) is 5.78 Å². The summed E-state index contributed by atoms with van der Waals surface area (Å²) in [6.45, 7) is 5.32. The summed E-state index contributed by atoms with van der Waals surface area (Å²) < 4.78 is 5.27. The van der Waals surface area contributed by atoms with Crippen LogP contribution in [0.1, 0.15) is 58.4 Å². The summed E-state index contributed by atoms with van der Waals surface area (Å²) in [6.07, 6.45) is 2.53. The number of benzene rings is 1. The van der Waals surface area contributed by atoms with Crippen molar-refractivity contribution in [3.05, 3.63) is 46.0 Å². The van der Waals surface area contributed by atoms with E-state index in [9.17, 15) is 19.7 Å². The highest BCUT2D eigenvalue weighted by Crippen LogP contribution is 2.12. The molecule has 1 N–H and O–H groups in total. The zero-order valence-electron chi connectivity index (χ0n) is 16.8. The number of alkyl carbamates (subject to hydrolysis) is 1. The van der Waals surface area contributed by atoms with E-state index in [4.69, 9.17) is 4.74 Å². The molecule has 0 saturated heterocycles. The minimum atomic E-state index is -0.824. The maximum absolute atomic E-state index is 12.6. The molecule has 8 heteroatoms. The van der Waals surface area contributed by atoms with Gasteiger partial charge in [0, 0.05) is 6.42 Å². The second-order valence-electron chi connectivity index (χ2n) is 7.56. The molecule has 0 fully saturated rings. The molecule has 0 spiro atoms. The van der Waals surface area contributed by atoms with E-state index < -0.39 is 22.8 Å². The molecule has 1 aromatic rings. The first-order valence-electron chi connectivity index (χ1n) is 9.51. The van der Waals surface area contributed by atoms with Gasteiger partial charge in [-0.05, 0) is 52.0 Å². The van der Waals surface area contributed by atoms with Gasteiger partial charge in [0.05, 0.1) is 12.6 Å². The Balaban J connectivity index is 2.53. The summed E-state index contributed by atoms with van der Waals surface area (Å²) >= 11 is 0. The summed E-state index contributed by atoms with van der Waals surface area (Å²) in [7, 11) is 0. The lowest BCUT2D eigenvalue weighted by atomic mass is 9.99. The zero-order valence-corrected chi connectivity index (χ0v) is 16.8. The molecule has 28 heavy (non-hydrogen) atoms. The molecule has 8 nitrogen and oxygen atoms in total. The van der Waals surface area contributed by atoms with E-state index in [2.05, 4.69) is 10.2 Å². The van der Waals surface area contributed by atoms with Crippen LogP contribution in [0.5, 0.6) is 0 Å². The summed E-state index contributed by atoms with van der Waals surface area (Å²) in [5.74, 6) is -0.0722. The number of hydrogen-bond donors (Lipinski definition) is 1. The summed E-state index contributed by atoms with van der Waals surface area (Å²) in [4.78, 5) is 39.0. The van der Waals surface area contributed by atoms with Crippen molar-refractivity contribution >= 4 is 11.9 Å². The number of ether oxygens (including phenoxy) is 1. The largest absolute Gasteiger partial charge is 0.444 e. The third-order valence-electron chi connectivity index (χ3n) is 3.91. The number of aryl methyl sites for hydroxylation is 1. The van der Waals surface area contributed by atoms with Gasteiger partial charge in [0.25, 0.3) is 5.09 Å². The van der Waals surface area contributed by atoms with Crippen molar-refractivity contribution in [1.29, 1.82) is 0 Å². The molecular weight excluding hydrogens is 364 g/mol. The lowest BCUT2D eigenvalue weighted by molar-refractivity contribution is -0.757. The number of nitrogens with zero attached hydrogens (tertiary/aromatic N) is 1. The van der Waals surface area contributed by atoms with Gasteiger partial charge in [0.1, 0.15) is 5.60 Å². The smallest absolute Gasteiger partial charge is 0.408 e. The van der Waals surface area contributed by atoms with Crippen molar-refractivity contribution in [2.45, 2.75) is 70.9 Å². The molecule has 0 bridgehead atoms. The SMILES string of the molecule is CC(C)(C)OC(=O)NC(CCc1ccccc1)C(=O)CCCCCO[N+](=O)[O-]. The van der Waals surface area contributed by atoms with Gasteiger partial charge in [-0.25, -0.2) is 4.79 Å². The Kier molecular flexibility index (Phi) is 9.98. The Labute approximate surface area is 165 Å². The molecule has 1 aromatic carbocycles. The summed E-state index contributed by atoms with van der Waals surface area (Å²) in [6, 6.07) is 9.11. The van der Waals surface area contributed by atoms with Crippen LogP contribution in [0.15, 0.2) is 30.3 Å². The molecule has 0 aromatic heterocycles. The van der Waals surface area contributed by atoms with Crippen LogP contribution in [-0.4, -0.2) is 35.2 Å². The Morgan fingerprint density at radius 2 is 1.82 bits per heavy atom. The van der Waals surface area contributed by atoms with Crippen LogP contribution >= 0.6 is 0 Å². The van der Waals surface area contributed by atoms with Gasteiger partial charge >= 0.3 is 6.09 Å². The molecule has 0 aliphatic carbocycles. The normalized spacial score (nSPS) is 12.1. The average molecular weight is 394 g/mol. The van der Waals surface area contributed by atoms with Crippen LogP contribution < -0.4 is 5.32 Å². The van der Waals surface area contributed by atoms with Crippen LogP contribution in [0.3, 0.4) is 0 Å². The van der Waals surface area contributed by atoms with Gasteiger partial charge in [0.2, 0.25) is 0 Å². The fourth-order valence-corrected chi connectivity index (χ4v) is 2.61. The van der Waals surface area contributed by atoms with Crippen molar-refractivity contribution in [2.75, 3.05) is 6.61 Å². The quantitative estimate of drug-likeness (QED) is 0.328. The van der Waals surface area contributed by atoms with E-state index in [-0.39, 0.29) is 18.8 Å². The minimum Gasteiger partial charge on any atom is -0.444 e. The van der Waals surface area contributed by atoms with Crippen molar-refractivity contribution in [3.8, 4) is 0 Å². The van der Waals surface area contributed by atoms with E-state index >= 15 is 0 Å². The van der Waals surface area contributed by atoms with Crippen LogP contribution in [0, 0.1) is 10.1 Å². The first kappa shape index (κ1) is 23.4. The van der Waals surface area contributed by atoms with Gasteiger partial charge in [-0.2, -0.15) is 0 Å². The molecule has 0 aliphatic heterocycles. The van der Waals surface area contributed by atoms with Gasteiger partial charge < -0.3 is 14.9 Å². The van der Waals surface area contributed by atoms with Crippen LogP contribution in [0.2, 0.25) is 0 Å². The zero-order chi connectivity index (χ0) is 21.0. The molecule has 1 amide bonds. The van der Waals surface area contributed by atoms with E-state index in [0.29, 0.717) is 32.1 Å². The monoisotopic (exact) mass is 394 g/mol. The van der Waals surface area contributed by atoms with Gasteiger partial charge in [-0.1, -0.05) is 36.8 Å². The lowest BCUT2D eigenvalue weighted by Gasteiger charge is -2.23. The number of carbonyl (C=O) groups is 2. The predicted molar refractivity (Wildman–Crippen MR) is 104 cm³/mol. The summed E-state index contributed by atoms with van der Waals surface area (Å²) in [5.41, 5.74) is 0.442. The van der Waals surface area contributed by atoms with Crippen molar-refractivity contribution in [1.82, 2.24) is 5.32 Å². The maximum Gasteiger partial charge on any atom is 0.408 e. The second kappa shape index (κ2) is 11.9. The number of ketones is 1. The van der Waals surface area contributed by atoms with Gasteiger partial charge in [-0.3, -0.25) is 4.79 Å². The van der Waals surface area contributed by atoms with Crippen molar-refractivity contribution < 1.29 is 24.3 Å². The second-order valence-corrected chi connectivity index (χ2v) is 7.56. The van der Waals surface area contributed by atoms with Crippen LogP contribution in [-0.2, 0) is 20.8 Å². The highest BCUT2D eigenvalue weighted by Gasteiger charge is 2.23. The van der Waals surface area contributed by atoms with Crippen molar-refractivity contribution in [3.63, 3.8) is 0 Å². The maximum atomic E-state index is 12.6. The molecule has 0 heterocycles. The number of rotatable bonds is 12. The molecule has 0 radical (unpaired) electrons. The number of unbranched alkanes of at least 4 members (excludes halogenated alkanes) is 2. The number of amides is 1. The van der Waals surface area contributed by atoms with Crippen molar-refractivity contribution in [2.24, 2.45) is 0 Å². The first-order chi connectivity index (χ1) is 13.2. The fourth-order valence-electron chi connectivity index (χ4n) is 2.61. The molecule has 1 atom stereocenters. The third-order valence-corrected chi connectivity index (χ3v) is 3.91. The number of hydrogen-bond acceptors (Lipinski definition) is 6. The van der Waals surface area contributed by atoms with Crippen LogP contribution in [0.25, 0.3) is 0 Å². The minimum absolute atomic E-state index is 0.0226. The predicted octanol–water partition coefficient (Wildman–Crippen LogP) is 3.85. The van der Waals surface area contributed by atoms with E-state index in [1.807, 2.05) is 30.3 Å². The Morgan fingerprint density at radius 1 is 1.14 bits per heavy atom. The summed E-state index contributed by atoms with van der Waals surface area (Å²) in [5, 5.41) is 12.0. The number of nitrogens with one attached hydrogen (secondary N) is 1. The molecule has 1 rings (SSSR count). The molecule has 156 valence electrons. The number of carbonyl (C=O) groups excluding carboxylic acids is 2. The lowest BCUT2D eigenvalue weighted by Crippen LogP contribution is -2.43. The van der Waals surface area contributed by atoms with E-state index in [1.165, 1.54) is 0 Å². The van der Waals surface area contributed by atoms with Crippen LogP contribution in [0.4, 0.5) is 4.79 Å². The third kappa shape index (κ3) is 11.2. The average Bonchev–Trinajstić information content (AvgIpc) is 2.60. The van der Waals surface area contributed by atoms with E-state index in [1.54, 1.807) is 20.8 Å². The molecule has 0 aliphatic rings. The Hall–Kier alpha value is -2.64. The molecule has 0 saturated carbocycles. The standard InChI is InChI=1S/C20H30N2O6/c1-20(2,3)28-19(24)21-17(14-13-16-10-6-4-7-11-16)18(23)12-8-5-9-15-27-22(25)26/h4,6-7,10-11,17H,5,8-9,12-15H2,1-3H3,(H,21,24). The Bertz CT molecular complexity index is 627. The highest BCUT2D eigenvalue weighted by atomic mass is 16.9. The highest BCUT2D eigenvalue weighted by molar-refractivity contribution is 5.87. The topological polar surface area (TPSA) is 108 Å². The molecule has 1 unspecified atom stereocenters. The Morgan fingerprint density at radius 3 is 2.43 bits per heavy atom. The fraction of sp³-hybridized carbons (Fsp3) is 0.600.